The molecule has 2 nitrogen and oxygen atoms in total. The van der Waals surface area contributed by atoms with E-state index in [0.29, 0.717) is 6.42 Å². The van der Waals surface area contributed by atoms with Gasteiger partial charge in [0.2, 0.25) is 5.67 Å². The van der Waals surface area contributed by atoms with Crippen molar-refractivity contribution in [2.24, 2.45) is 0 Å². The molecule has 0 aliphatic carbocycles. The van der Waals surface area contributed by atoms with Crippen LogP contribution in [-0.2, 0) is 10.5 Å². The number of halogens is 2. The molecule has 88 valence electrons. The fraction of sp³-hybridized carbons (Fsp3) is 0.417. The minimum atomic E-state index is -2.34. The van der Waals surface area contributed by atoms with Crippen LogP contribution in [0.1, 0.15) is 25.3 Å². The average molecular weight is 245 g/mol. The van der Waals surface area contributed by atoms with E-state index in [4.69, 9.17) is 16.7 Å². The third kappa shape index (κ3) is 2.95. The lowest BCUT2D eigenvalue weighted by Gasteiger charge is -2.21. The van der Waals surface area contributed by atoms with Crippen molar-refractivity contribution in [3.63, 3.8) is 0 Å². The summed E-state index contributed by atoms with van der Waals surface area (Å²) in [4.78, 5) is 11.0. The minimum absolute atomic E-state index is 0.114. The molecule has 1 aromatic carbocycles. The van der Waals surface area contributed by atoms with E-state index in [2.05, 4.69) is 0 Å². The van der Waals surface area contributed by atoms with Crippen LogP contribution in [0.4, 0.5) is 4.39 Å². The minimum Gasteiger partial charge on any atom is -0.479 e. The Morgan fingerprint density at radius 1 is 1.50 bits per heavy atom. The Kier molecular flexibility index (Phi) is 4.30. The molecule has 2 atom stereocenters. The number of hydrogen-bond acceptors (Lipinski definition) is 1. The molecule has 0 fully saturated rings. The third-order valence-corrected chi connectivity index (χ3v) is 2.68. The van der Waals surface area contributed by atoms with E-state index in [-0.39, 0.29) is 17.4 Å². The van der Waals surface area contributed by atoms with Gasteiger partial charge in [0.05, 0.1) is 0 Å². The molecule has 0 spiro atoms. The normalized spacial score (nSPS) is 16.4. The molecule has 0 aliphatic heterocycles. The summed E-state index contributed by atoms with van der Waals surface area (Å²) in [5, 5.41) is 8.74. The SMILES string of the molecule is CC(Cl)CCC(F)(C(=O)O)c1ccccc1. The van der Waals surface area contributed by atoms with E-state index < -0.39 is 11.6 Å². The lowest BCUT2D eigenvalue weighted by molar-refractivity contribution is -0.152. The van der Waals surface area contributed by atoms with Crippen molar-refractivity contribution in [2.45, 2.75) is 30.8 Å². The molecule has 1 rings (SSSR count). The summed E-state index contributed by atoms with van der Waals surface area (Å²) in [6, 6.07) is 7.92. The molecule has 0 saturated heterocycles. The molecule has 0 radical (unpaired) electrons. The maximum atomic E-state index is 14.3. The number of alkyl halides is 2. The summed E-state index contributed by atoms with van der Waals surface area (Å²) in [5.41, 5.74) is -2.18. The number of rotatable bonds is 5. The van der Waals surface area contributed by atoms with Crippen molar-refractivity contribution < 1.29 is 14.3 Å². The molecular weight excluding hydrogens is 231 g/mol. The first kappa shape index (κ1) is 13.0. The number of aliphatic carboxylic acids is 1. The molecule has 1 N–H and O–H groups in total. The molecule has 0 bridgehead atoms. The highest BCUT2D eigenvalue weighted by Gasteiger charge is 2.40. The number of benzene rings is 1. The Bertz CT molecular complexity index is 353. The summed E-state index contributed by atoms with van der Waals surface area (Å²) in [6.45, 7) is 1.72. The summed E-state index contributed by atoms with van der Waals surface area (Å²) in [7, 11) is 0. The van der Waals surface area contributed by atoms with Crippen molar-refractivity contribution in [2.75, 3.05) is 0 Å². The van der Waals surface area contributed by atoms with Gasteiger partial charge in [0.15, 0.2) is 0 Å². The van der Waals surface area contributed by atoms with Gasteiger partial charge in [-0.25, -0.2) is 9.18 Å². The lowest BCUT2D eigenvalue weighted by atomic mass is 9.90. The highest BCUT2D eigenvalue weighted by atomic mass is 35.5. The van der Waals surface area contributed by atoms with Crippen molar-refractivity contribution in [3.05, 3.63) is 35.9 Å². The van der Waals surface area contributed by atoms with Crippen molar-refractivity contribution in [1.29, 1.82) is 0 Å². The summed E-state index contributed by atoms with van der Waals surface area (Å²) >= 11 is 5.72. The van der Waals surface area contributed by atoms with Crippen LogP contribution < -0.4 is 0 Å². The quantitative estimate of drug-likeness (QED) is 0.807. The number of carboxylic acids is 1. The van der Waals surface area contributed by atoms with Gasteiger partial charge in [0, 0.05) is 10.9 Å². The second-order valence-electron chi connectivity index (χ2n) is 3.79. The zero-order valence-corrected chi connectivity index (χ0v) is 9.75. The van der Waals surface area contributed by atoms with Crippen molar-refractivity contribution in [3.8, 4) is 0 Å². The van der Waals surface area contributed by atoms with E-state index in [0.717, 1.165) is 0 Å². The van der Waals surface area contributed by atoms with Gasteiger partial charge in [-0.1, -0.05) is 30.3 Å². The van der Waals surface area contributed by atoms with Crippen LogP contribution in [0.3, 0.4) is 0 Å². The molecule has 16 heavy (non-hydrogen) atoms. The van der Waals surface area contributed by atoms with E-state index in [1.54, 1.807) is 25.1 Å². The molecular formula is C12H14ClFO2. The fourth-order valence-electron chi connectivity index (χ4n) is 1.47. The monoisotopic (exact) mass is 244 g/mol. The maximum absolute atomic E-state index is 14.3. The van der Waals surface area contributed by atoms with Gasteiger partial charge in [-0.05, 0) is 19.8 Å². The topological polar surface area (TPSA) is 37.3 Å². The van der Waals surface area contributed by atoms with E-state index >= 15 is 0 Å². The molecule has 0 heterocycles. The summed E-state index contributed by atoms with van der Waals surface area (Å²) in [5.74, 6) is -1.46. The Balaban J connectivity index is 2.93. The Labute approximate surface area is 99.0 Å². The van der Waals surface area contributed by atoms with Gasteiger partial charge in [-0.15, -0.1) is 11.6 Å². The number of hydrogen-bond donors (Lipinski definition) is 1. The molecule has 0 aliphatic rings. The first-order valence-corrected chi connectivity index (χ1v) is 5.52. The Morgan fingerprint density at radius 2 is 2.06 bits per heavy atom. The van der Waals surface area contributed by atoms with Gasteiger partial charge < -0.3 is 5.11 Å². The van der Waals surface area contributed by atoms with Crippen LogP contribution >= 0.6 is 11.6 Å². The van der Waals surface area contributed by atoms with Crippen LogP contribution in [0.5, 0.6) is 0 Å². The van der Waals surface area contributed by atoms with Crippen LogP contribution in [0, 0.1) is 0 Å². The standard InChI is InChI=1S/C12H14ClFO2/c1-9(13)7-8-12(14,11(15)16)10-5-3-2-4-6-10/h2-6,9H,7-8H2,1H3,(H,15,16). The Morgan fingerprint density at radius 3 is 2.50 bits per heavy atom. The van der Waals surface area contributed by atoms with E-state index in [9.17, 15) is 9.18 Å². The van der Waals surface area contributed by atoms with Gasteiger partial charge in [-0.3, -0.25) is 0 Å². The zero-order valence-electron chi connectivity index (χ0n) is 8.99. The molecule has 0 saturated carbocycles. The average Bonchev–Trinajstić information content (AvgIpc) is 2.26. The van der Waals surface area contributed by atoms with E-state index in [1.165, 1.54) is 12.1 Å². The van der Waals surface area contributed by atoms with Gasteiger partial charge in [0.25, 0.3) is 0 Å². The fourth-order valence-corrected chi connectivity index (χ4v) is 1.58. The largest absolute Gasteiger partial charge is 0.479 e. The highest BCUT2D eigenvalue weighted by Crippen LogP contribution is 2.32. The van der Waals surface area contributed by atoms with Crippen molar-refractivity contribution in [1.82, 2.24) is 0 Å². The second-order valence-corrected chi connectivity index (χ2v) is 4.54. The van der Waals surface area contributed by atoms with Crippen LogP contribution in [-0.4, -0.2) is 16.5 Å². The number of carboxylic acid groups (broad SMARTS) is 1. The molecule has 4 heteroatoms. The van der Waals surface area contributed by atoms with Gasteiger partial charge in [0.1, 0.15) is 0 Å². The predicted molar refractivity (Wildman–Crippen MR) is 61.4 cm³/mol. The van der Waals surface area contributed by atoms with Crippen LogP contribution in [0.15, 0.2) is 30.3 Å². The molecule has 1 aromatic rings. The molecule has 2 unspecified atom stereocenters. The third-order valence-electron chi connectivity index (χ3n) is 2.46. The summed E-state index contributed by atoms with van der Waals surface area (Å²) < 4.78 is 14.3. The maximum Gasteiger partial charge on any atom is 0.346 e. The predicted octanol–water partition coefficient (Wildman–Crippen LogP) is 3.34. The first-order valence-electron chi connectivity index (χ1n) is 5.08. The molecule has 0 aromatic heterocycles. The van der Waals surface area contributed by atoms with Gasteiger partial charge in [-0.2, -0.15) is 0 Å². The zero-order chi connectivity index (χ0) is 12.2. The Hall–Kier alpha value is -1.09. The first-order chi connectivity index (χ1) is 7.47. The lowest BCUT2D eigenvalue weighted by Crippen LogP contribution is -2.31. The smallest absolute Gasteiger partial charge is 0.346 e. The van der Waals surface area contributed by atoms with Crippen LogP contribution in [0.2, 0.25) is 0 Å². The van der Waals surface area contributed by atoms with Gasteiger partial charge >= 0.3 is 5.97 Å². The van der Waals surface area contributed by atoms with Crippen molar-refractivity contribution >= 4 is 17.6 Å². The summed E-state index contributed by atoms with van der Waals surface area (Å²) in [6.07, 6.45) is 0.205. The highest BCUT2D eigenvalue weighted by molar-refractivity contribution is 6.20. The second kappa shape index (κ2) is 5.30. The van der Waals surface area contributed by atoms with Crippen LogP contribution in [0.25, 0.3) is 0 Å². The number of carbonyl (C=O) groups is 1. The van der Waals surface area contributed by atoms with E-state index in [1.807, 2.05) is 0 Å². The molecule has 0 amide bonds.